The number of nitrogens with one attached hydrogen (secondary N) is 1. The Morgan fingerprint density at radius 1 is 1.42 bits per heavy atom. The van der Waals surface area contributed by atoms with Crippen LogP contribution in [0.25, 0.3) is 0 Å². The number of halogens is 2. The van der Waals surface area contributed by atoms with Gasteiger partial charge in [0.15, 0.2) is 0 Å². The van der Waals surface area contributed by atoms with Crippen molar-refractivity contribution in [3.8, 4) is 0 Å². The fraction of sp³-hybridized carbons (Fsp3) is 0.923. The average Bonchev–Trinajstić information content (AvgIpc) is 3.19. The number of carbonyl (C=O) groups is 1. The Hall–Kier alpha value is -0.750. The van der Waals surface area contributed by atoms with Crippen LogP contribution in [-0.4, -0.2) is 43.8 Å². The second-order valence-corrected chi connectivity index (χ2v) is 5.44. The lowest BCUT2D eigenvalue weighted by Gasteiger charge is -2.39. The lowest BCUT2D eigenvalue weighted by atomic mass is 9.79. The van der Waals surface area contributed by atoms with Crippen LogP contribution in [0.2, 0.25) is 0 Å². The molecule has 4 nitrogen and oxygen atoms in total. The maximum absolute atomic E-state index is 12.2. The molecular formula is C13H21F2NO3. The van der Waals surface area contributed by atoms with E-state index in [1.807, 2.05) is 0 Å². The normalized spacial score (nSPS) is 31.5. The lowest BCUT2D eigenvalue weighted by molar-refractivity contribution is -0.153. The Bertz CT molecular complexity index is 323. The van der Waals surface area contributed by atoms with Gasteiger partial charge in [0.25, 0.3) is 6.43 Å². The van der Waals surface area contributed by atoms with Gasteiger partial charge in [0.05, 0.1) is 13.2 Å². The van der Waals surface area contributed by atoms with E-state index in [0.29, 0.717) is 18.9 Å². The minimum atomic E-state index is -2.47. The number of methoxy groups -OCH3 is 1. The van der Waals surface area contributed by atoms with Crippen LogP contribution in [0.1, 0.15) is 38.5 Å². The average molecular weight is 277 g/mol. The van der Waals surface area contributed by atoms with Gasteiger partial charge in [-0.3, -0.25) is 10.1 Å². The summed E-state index contributed by atoms with van der Waals surface area (Å²) in [4.78, 5) is 12.0. The van der Waals surface area contributed by atoms with Crippen LogP contribution in [0, 0.1) is 0 Å². The lowest BCUT2D eigenvalue weighted by Crippen LogP contribution is -2.57. The third kappa shape index (κ3) is 3.86. The van der Waals surface area contributed by atoms with Crippen molar-refractivity contribution >= 4 is 5.97 Å². The number of hydrogen-bond acceptors (Lipinski definition) is 4. The first-order valence-electron chi connectivity index (χ1n) is 6.81. The molecule has 0 amide bonds. The number of rotatable bonds is 6. The zero-order valence-electron chi connectivity index (χ0n) is 11.2. The standard InChI is InChI=1S/C13H21F2NO3/c1-18-12(17)13(16-9-4-5-9)6-2-3-10(7-13)19-8-11(14)15/h9-11,16H,2-8H2,1H3. The van der Waals surface area contributed by atoms with E-state index in [4.69, 9.17) is 9.47 Å². The first kappa shape index (κ1) is 14.7. The van der Waals surface area contributed by atoms with Crippen LogP contribution in [-0.2, 0) is 14.3 Å². The predicted octanol–water partition coefficient (Wildman–Crippen LogP) is 1.87. The van der Waals surface area contributed by atoms with Gasteiger partial charge in [-0.25, -0.2) is 8.78 Å². The van der Waals surface area contributed by atoms with Gasteiger partial charge >= 0.3 is 5.97 Å². The molecule has 6 heteroatoms. The maximum Gasteiger partial charge on any atom is 0.326 e. The van der Waals surface area contributed by atoms with Crippen LogP contribution in [0.4, 0.5) is 8.78 Å². The number of alkyl halides is 2. The van der Waals surface area contributed by atoms with Gasteiger partial charge in [-0.05, 0) is 32.1 Å². The Morgan fingerprint density at radius 2 is 2.16 bits per heavy atom. The van der Waals surface area contributed by atoms with E-state index in [1.165, 1.54) is 7.11 Å². The van der Waals surface area contributed by atoms with Crippen molar-refractivity contribution in [2.75, 3.05) is 13.7 Å². The SMILES string of the molecule is COC(=O)C1(NC2CC2)CCCC(OCC(F)F)C1. The van der Waals surface area contributed by atoms with Crippen LogP contribution in [0.15, 0.2) is 0 Å². The summed E-state index contributed by atoms with van der Waals surface area (Å²) >= 11 is 0. The van der Waals surface area contributed by atoms with Crippen molar-refractivity contribution in [2.45, 2.75) is 62.6 Å². The quantitative estimate of drug-likeness (QED) is 0.753. The van der Waals surface area contributed by atoms with Gasteiger partial charge in [-0.1, -0.05) is 0 Å². The van der Waals surface area contributed by atoms with Gasteiger partial charge in [0, 0.05) is 12.5 Å². The van der Waals surface area contributed by atoms with Crippen molar-refractivity contribution in [3.05, 3.63) is 0 Å². The topological polar surface area (TPSA) is 47.6 Å². The Labute approximate surface area is 111 Å². The van der Waals surface area contributed by atoms with E-state index in [-0.39, 0.29) is 12.1 Å². The summed E-state index contributed by atoms with van der Waals surface area (Å²) in [7, 11) is 1.36. The second-order valence-electron chi connectivity index (χ2n) is 5.44. The molecule has 0 saturated heterocycles. The number of carbonyl (C=O) groups excluding carboxylic acids is 1. The van der Waals surface area contributed by atoms with E-state index in [9.17, 15) is 13.6 Å². The highest BCUT2D eigenvalue weighted by Gasteiger charge is 2.47. The van der Waals surface area contributed by atoms with Gasteiger partial charge in [-0.15, -0.1) is 0 Å². The van der Waals surface area contributed by atoms with E-state index in [0.717, 1.165) is 25.7 Å². The molecule has 19 heavy (non-hydrogen) atoms. The Kier molecular flexibility index (Phi) is 4.73. The molecule has 2 aliphatic rings. The molecule has 2 unspecified atom stereocenters. The maximum atomic E-state index is 12.2. The van der Waals surface area contributed by atoms with Crippen LogP contribution in [0.5, 0.6) is 0 Å². The van der Waals surface area contributed by atoms with Crippen molar-refractivity contribution < 1.29 is 23.0 Å². The molecule has 2 fully saturated rings. The summed E-state index contributed by atoms with van der Waals surface area (Å²) in [5, 5.41) is 3.33. The largest absolute Gasteiger partial charge is 0.468 e. The Balaban J connectivity index is 1.98. The first-order valence-corrected chi connectivity index (χ1v) is 6.81. The minimum Gasteiger partial charge on any atom is -0.468 e. The van der Waals surface area contributed by atoms with Crippen LogP contribution >= 0.6 is 0 Å². The third-order valence-electron chi connectivity index (χ3n) is 3.80. The fourth-order valence-corrected chi connectivity index (χ4v) is 2.76. The summed E-state index contributed by atoms with van der Waals surface area (Å²) in [6.07, 6.45) is 1.95. The van der Waals surface area contributed by atoms with E-state index in [2.05, 4.69) is 5.32 Å². The number of esters is 1. The molecule has 0 heterocycles. The number of ether oxygens (including phenoxy) is 2. The molecule has 2 saturated carbocycles. The molecule has 0 aromatic heterocycles. The zero-order valence-corrected chi connectivity index (χ0v) is 11.2. The molecule has 0 bridgehead atoms. The molecule has 0 aromatic carbocycles. The summed E-state index contributed by atoms with van der Waals surface area (Å²) in [5.74, 6) is -0.301. The summed E-state index contributed by atoms with van der Waals surface area (Å²) < 4.78 is 34.5. The monoisotopic (exact) mass is 277 g/mol. The van der Waals surface area contributed by atoms with Crippen molar-refractivity contribution in [1.29, 1.82) is 0 Å². The summed E-state index contributed by atoms with van der Waals surface area (Å²) in [5.41, 5.74) is -0.749. The third-order valence-corrected chi connectivity index (χ3v) is 3.80. The molecule has 0 spiro atoms. The molecule has 2 atom stereocenters. The van der Waals surface area contributed by atoms with Gasteiger partial charge in [-0.2, -0.15) is 0 Å². The summed E-state index contributed by atoms with van der Waals surface area (Å²) in [6.45, 7) is -0.564. The number of hydrogen-bond donors (Lipinski definition) is 1. The fourth-order valence-electron chi connectivity index (χ4n) is 2.76. The van der Waals surface area contributed by atoms with Crippen molar-refractivity contribution in [1.82, 2.24) is 5.32 Å². The van der Waals surface area contributed by atoms with Crippen molar-refractivity contribution in [2.24, 2.45) is 0 Å². The van der Waals surface area contributed by atoms with Gasteiger partial charge in [0.2, 0.25) is 0 Å². The molecule has 110 valence electrons. The highest BCUT2D eigenvalue weighted by molar-refractivity contribution is 5.81. The van der Waals surface area contributed by atoms with Crippen LogP contribution in [0.3, 0.4) is 0 Å². The van der Waals surface area contributed by atoms with E-state index < -0.39 is 18.6 Å². The highest BCUT2D eigenvalue weighted by atomic mass is 19.3. The molecule has 0 aliphatic heterocycles. The van der Waals surface area contributed by atoms with E-state index >= 15 is 0 Å². The second kappa shape index (κ2) is 6.13. The smallest absolute Gasteiger partial charge is 0.326 e. The van der Waals surface area contributed by atoms with Gasteiger partial charge < -0.3 is 9.47 Å². The molecule has 0 radical (unpaired) electrons. The molecule has 0 aromatic rings. The Morgan fingerprint density at radius 3 is 2.74 bits per heavy atom. The molecule has 1 N–H and O–H groups in total. The van der Waals surface area contributed by atoms with Crippen LogP contribution < -0.4 is 5.32 Å². The zero-order chi connectivity index (χ0) is 13.9. The predicted molar refractivity (Wildman–Crippen MR) is 65.1 cm³/mol. The van der Waals surface area contributed by atoms with Gasteiger partial charge in [0.1, 0.15) is 12.1 Å². The van der Waals surface area contributed by atoms with Crippen molar-refractivity contribution in [3.63, 3.8) is 0 Å². The summed E-state index contributed by atoms with van der Waals surface area (Å²) in [6, 6.07) is 0.355. The molecule has 2 aliphatic carbocycles. The molecule has 2 rings (SSSR count). The first-order chi connectivity index (χ1) is 9.05. The van der Waals surface area contributed by atoms with E-state index in [1.54, 1.807) is 0 Å². The molecular weight excluding hydrogens is 256 g/mol. The minimum absolute atomic E-state index is 0.298. The highest BCUT2D eigenvalue weighted by Crippen LogP contribution is 2.35.